The van der Waals surface area contributed by atoms with Crippen molar-refractivity contribution in [2.75, 3.05) is 0 Å². The molecular formula is C22H18N4O2. The fourth-order valence-corrected chi connectivity index (χ4v) is 2.89. The van der Waals surface area contributed by atoms with Crippen LogP contribution in [0.25, 0.3) is 12.2 Å². The Hall–Kier alpha value is -3.93. The van der Waals surface area contributed by atoms with Crippen LogP contribution in [0.5, 0.6) is 0 Å². The highest BCUT2D eigenvalue weighted by Crippen LogP contribution is 2.04. The van der Waals surface area contributed by atoms with Gasteiger partial charge in [0, 0.05) is 12.7 Å². The smallest absolute Gasteiger partial charge is 0.272 e. The zero-order valence-corrected chi connectivity index (χ0v) is 15.0. The summed E-state index contributed by atoms with van der Waals surface area (Å²) in [6, 6.07) is 19.3. The fraction of sp³-hybridized carbons (Fsp3) is 0.0455. The Labute approximate surface area is 160 Å². The number of hydrogen-bond acceptors (Lipinski definition) is 3. The summed E-state index contributed by atoms with van der Waals surface area (Å²) in [5.41, 5.74) is 1.84. The minimum Gasteiger partial charge on any atom is -0.332 e. The average Bonchev–Trinajstić information content (AvgIpc) is 3.14. The average molecular weight is 370 g/mol. The highest BCUT2D eigenvalue weighted by atomic mass is 16.1. The van der Waals surface area contributed by atoms with Gasteiger partial charge in [-0.1, -0.05) is 60.7 Å². The van der Waals surface area contributed by atoms with Gasteiger partial charge in [0.25, 0.3) is 11.1 Å². The molecule has 0 spiro atoms. The fourth-order valence-electron chi connectivity index (χ4n) is 2.89. The van der Waals surface area contributed by atoms with Crippen LogP contribution in [-0.2, 0) is 6.54 Å². The molecule has 0 fully saturated rings. The predicted molar refractivity (Wildman–Crippen MR) is 108 cm³/mol. The van der Waals surface area contributed by atoms with Crippen molar-refractivity contribution >= 4 is 12.2 Å². The van der Waals surface area contributed by atoms with E-state index in [1.807, 2.05) is 71.4 Å². The second-order valence-corrected chi connectivity index (χ2v) is 6.39. The first kappa shape index (κ1) is 17.5. The third-order valence-corrected chi connectivity index (χ3v) is 4.25. The van der Waals surface area contributed by atoms with Crippen LogP contribution in [0.3, 0.4) is 0 Å². The zero-order valence-electron chi connectivity index (χ0n) is 15.0. The molecule has 0 aliphatic heterocycles. The quantitative estimate of drug-likeness (QED) is 0.561. The number of aromatic nitrogens is 4. The predicted octanol–water partition coefficient (Wildman–Crippen LogP) is 0.966. The molecule has 6 heteroatoms. The summed E-state index contributed by atoms with van der Waals surface area (Å²) in [5, 5.41) is 0.378. The molecule has 2 aromatic heterocycles. The first-order valence-electron chi connectivity index (χ1n) is 8.84. The van der Waals surface area contributed by atoms with Crippen LogP contribution in [0.15, 0.2) is 82.8 Å². The second-order valence-electron chi connectivity index (χ2n) is 6.39. The van der Waals surface area contributed by atoms with Crippen molar-refractivity contribution in [3.05, 3.63) is 121 Å². The molecule has 0 saturated heterocycles. The Morgan fingerprint density at radius 2 is 1.43 bits per heavy atom. The van der Waals surface area contributed by atoms with E-state index in [0.29, 0.717) is 12.2 Å². The molecule has 2 N–H and O–H groups in total. The maximum absolute atomic E-state index is 12.4. The van der Waals surface area contributed by atoms with Crippen molar-refractivity contribution in [2.24, 2.45) is 0 Å². The second kappa shape index (κ2) is 7.75. The molecule has 4 rings (SSSR count). The van der Waals surface area contributed by atoms with E-state index in [1.165, 1.54) is 0 Å². The van der Waals surface area contributed by atoms with E-state index in [0.717, 1.165) is 11.1 Å². The van der Waals surface area contributed by atoms with Gasteiger partial charge in [-0.05, 0) is 23.3 Å². The third-order valence-electron chi connectivity index (χ3n) is 4.25. The van der Waals surface area contributed by atoms with Crippen molar-refractivity contribution in [1.29, 1.82) is 0 Å². The van der Waals surface area contributed by atoms with Gasteiger partial charge in [0.15, 0.2) is 0 Å². The summed E-state index contributed by atoms with van der Waals surface area (Å²) >= 11 is 0. The van der Waals surface area contributed by atoms with Crippen LogP contribution < -0.4 is 21.8 Å². The number of nitrogens with zero attached hydrogens (tertiary/aromatic N) is 2. The lowest BCUT2D eigenvalue weighted by Crippen LogP contribution is -2.46. The molecule has 0 radical (unpaired) electrons. The number of benzene rings is 2. The zero-order chi connectivity index (χ0) is 19.3. The van der Waals surface area contributed by atoms with Crippen LogP contribution >= 0.6 is 0 Å². The van der Waals surface area contributed by atoms with Crippen molar-refractivity contribution in [1.82, 2.24) is 19.5 Å². The highest BCUT2D eigenvalue weighted by Gasteiger charge is 2.00. The molecule has 0 amide bonds. The van der Waals surface area contributed by atoms with Crippen LogP contribution in [0.2, 0.25) is 0 Å². The monoisotopic (exact) mass is 370 g/mol. The molecule has 0 atom stereocenters. The molecule has 4 aromatic rings. The van der Waals surface area contributed by atoms with E-state index in [-0.39, 0.29) is 21.8 Å². The number of H-pyrrole nitrogens is 2. The van der Waals surface area contributed by atoms with Crippen LogP contribution in [0.4, 0.5) is 0 Å². The lowest BCUT2D eigenvalue weighted by atomic mass is 10.2. The number of aromatic amines is 2. The highest BCUT2D eigenvalue weighted by molar-refractivity contribution is 5.47. The number of hydrogen-bond donors (Lipinski definition) is 2. The summed E-state index contributed by atoms with van der Waals surface area (Å²) in [4.78, 5) is 34.3. The standard InChI is InChI=1S/C22H18N4O2/c27-21-19(11-16-7-3-1-4-8-16)24-22(28)20(25-21)12-18-14-26(15-23-18)13-17-9-5-2-6-10-17/h1-12,14-15H,13H2,(H,24,28)(H,25,27). The first-order chi connectivity index (χ1) is 13.7. The Balaban J connectivity index is 1.66. The molecule has 0 bridgehead atoms. The number of rotatable bonds is 4. The molecule has 0 unspecified atom stereocenters. The number of nitrogens with one attached hydrogen (secondary N) is 2. The topological polar surface area (TPSA) is 83.5 Å². The van der Waals surface area contributed by atoms with Crippen molar-refractivity contribution < 1.29 is 0 Å². The van der Waals surface area contributed by atoms with Crippen molar-refractivity contribution in [2.45, 2.75) is 6.54 Å². The van der Waals surface area contributed by atoms with Crippen LogP contribution in [-0.4, -0.2) is 19.5 Å². The number of imidazole rings is 1. The van der Waals surface area contributed by atoms with E-state index in [4.69, 9.17) is 0 Å². The molecule has 0 aliphatic carbocycles. The molecule has 28 heavy (non-hydrogen) atoms. The lowest BCUT2D eigenvalue weighted by molar-refractivity contribution is 0.797. The van der Waals surface area contributed by atoms with E-state index in [2.05, 4.69) is 15.0 Å². The van der Waals surface area contributed by atoms with Crippen molar-refractivity contribution in [3.8, 4) is 0 Å². The van der Waals surface area contributed by atoms with Crippen molar-refractivity contribution in [3.63, 3.8) is 0 Å². The van der Waals surface area contributed by atoms with E-state index in [9.17, 15) is 9.59 Å². The van der Waals surface area contributed by atoms with Gasteiger partial charge in [-0.25, -0.2) is 4.98 Å². The summed E-state index contributed by atoms with van der Waals surface area (Å²) in [5.74, 6) is 0. The van der Waals surface area contributed by atoms with Crippen LogP contribution in [0, 0.1) is 0 Å². The van der Waals surface area contributed by atoms with Gasteiger partial charge in [-0.15, -0.1) is 0 Å². The summed E-state index contributed by atoms with van der Waals surface area (Å²) in [6.07, 6.45) is 6.73. The molecule has 2 heterocycles. The summed E-state index contributed by atoms with van der Waals surface area (Å²) < 4.78 is 1.92. The third kappa shape index (κ3) is 4.07. The minimum absolute atomic E-state index is 0.167. The molecule has 138 valence electrons. The first-order valence-corrected chi connectivity index (χ1v) is 8.84. The SMILES string of the molecule is O=c1[nH]c(=Cc2cn(Cc3ccccc3)cn2)c(=O)[nH]c1=Cc1ccccc1. The van der Waals surface area contributed by atoms with E-state index >= 15 is 0 Å². The molecule has 0 saturated carbocycles. The van der Waals surface area contributed by atoms with Gasteiger partial charge in [-0.2, -0.15) is 0 Å². The molecule has 2 aromatic carbocycles. The van der Waals surface area contributed by atoms with E-state index in [1.54, 1.807) is 18.5 Å². The molecular weight excluding hydrogens is 352 g/mol. The van der Waals surface area contributed by atoms with Gasteiger partial charge in [-0.3, -0.25) is 9.59 Å². The largest absolute Gasteiger partial charge is 0.332 e. The maximum Gasteiger partial charge on any atom is 0.272 e. The Bertz CT molecular complexity index is 1320. The van der Waals surface area contributed by atoms with Crippen LogP contribution in [0.1, 0.15) is 16.8 Å². The van der Waals surface area contributed by atoms with Gasteiger partial charge < -0.3 is 14.5 Å². The Morgan fingerprint density at radius 1 is 0.821 bits per heavy atom. The molecule has 6 nitrogen and oxygen atoms in total. The molecule has 0 aliphatic rings. The lowest BCUT2D eigenvalue weighted by Gasteiger charge is -2.00. The summed E-state index contributed by atoms with van der Waals surface area (Å²) in [7, 11) is 0. The van der Waals surface area contributed by atoms with Gasteiger partial charge in [0.2, 0.25) is 0 Å². The van der Waals surface area contributed by atoms with Gasteiger partial charge in [0.05, 0.1) is 12.0 Å². The Morgan fingerprint density at radius 3 is 2.11 bits per heavy atom. The minimum atomic E-state index is -0.376. The Kier molecular flexibility index (Phi) is 4.84. The van der Waals surface area contributed by atoms with E-state index < -0.39 is 0 Å². The van der Waals surface area contributed by atoms with Gasteiger partial charge in [0.1, 0.15) is 10.7 Å². The van der Waals surface area contributed by atoms with Gasteiger partial charge >= 0.3 is 0 Å². The maximum atomic E-state index is 12.4. The summed E-state index contributed by atoms with van der Waals surface area (Å²) in [6.45, 7) is 0.680. The normalized spacial score (nSPS) is 12.4.